The highest BCUT2D eigenvalue weighted by Crippen LogP contribution is 2.60. The number of benzene rings is 1. The zero-order valence-corrected chi connectivity index (χ0v) is 12.1. The molecule has 0 spiro atoms. The van der Waals surface area contributed by atoms with E-state index in [0.717, 1.165) is 12.5 Å². The first-order valence-corrected chi connectivity index (χ1v) is 7.37. The van der Waals surface area contributed by atoms with Crippen LogP contribution in [-0.2, 0) is 4.74 Å². The predicted molar refractivity (Wildman–Crippen MR) is 79.2 cm³/mol. The third-order valence-electron chi connectivity index (χ3n) is 4.53. The Morgan fingerprint density at radius 3 is 2.62 bits per heavy atom. The highest BCUT2D eigenvalue weighted by Gasteiger charge is 2.53. The van der Waals surface area contributed by atoms with Crippen molar-refractivity contribution in [2.45, 2.75) is 25.7 Å². The maximum Gasteiger partial charge on any atom is 0.411 e. The van der Waals surface area contributed by atoms with E-state index in [-0.39, 0.29) is 5.91 Å². The van der Waals surface area contributed by atoms with Crippen LogP contribution in [0, 0.1) is 11.3 Å². The molecule has 2 aliphatic rings. The van der Waals surface area contributed by atoms with Crippen LogP contribution in [0.15, 0.2) is 24.3 Å². The van der Waals surface area contributed by atoms with E-state index in [0.29, 0.717) is 16.7 Å². The molecule has 2 aliphatic carbocycles. The lowest BCUT2D eigenvalue weighted by molar-refractivity contribution is 0.0943. The number of anilines is 1. The lowest BCUT2D eigenvalue weighted by Gasteiger charge is -2.16. The standard InChI is InChI=1S/C16H20N2O3/c1-21-15(20)18-13-5-3-2-4-12(13)14(19)17-10-16(8-9-16)11-6-7-11/h2-5,11H,6-10H2,1H3,(H,17,19)(H,18,20). The van der Waals surface area contributed by atoms with Gasteiger partial charge in [0.25, 0.3) is 5.91 Å². The summed E-state index contributed by atoms with van der Waals surface area (Å²) in [5.41, 5.74) is 1.30. The Balaban J connectivity index is 1.65. The molecule has 5 nitrogen and oxygen atoms in total. The number of hydrogen-bond donors (Lipinski definition) is 2. The topological polar surface area (TPSA) is 67.4 Å². The smallest absolute Gasteiger partial charge is 0.411 e. The first-order valence-electron chi connectivity index (χ1n) is 7.37. The van der Waals surface area contributed by atoms with Gasteiger partial charge in [0.15, 0.2) is 0 Å². The van der Waals surface area contributed by atoms with Crippen LogP contribution in [0.2, 0.25) is 0 Å². The largest absolute Gasteiger partial charge is 0.453 e. The minimum atomic E-state index is -0.577. The number of rotatable bonds is 5. The Bertz CT molecular complexity index is 562. The molecule has 2 amide bonds. The van der Waals surface area contributed by atoms with E-state index in [9.17, 15) is 9.59 Å². The van der Waals surface area contributed by atoms with Gasteiger partial charge >= 0.3 is 6.09 Å². The zero-order valence-electron chi connectivity index (χ0n) is 12.1. The lowest BCUT2D eigenvalue weighted by Crippen LogP contribution is -2.31. The maximum atomic E-state index is 12.3. The molecule has 0 unspecified atom stereocenters. The molecule has 5 heteroatoms. The number of ether oxygens (including phenoxy) is 1. The summed E-state index contributed by atoms with van der Waals surface area (Å²) < 4.78 is 4.57. The summed E-state index contributed by atoms with van der Waals surface area (Å²) in [5.74, 6) is 0.662. The summed E-state index contributed by atoms with van der Waals surface area (Å²) in [6.07, 6.45) is 4.47. The van der Waals surface area contributed by atoms with Crippen molar-refractivity contribution in [1.29, 1.82) is 0 Å². The number of nitrogens with one attached hydrogen (secondary N) is 2. The van der Waals surface area contributed by atoms with Gasteiger partial charge in [-0.05, 0) is 49.1 Å². The Hall–Kier alpha value is -2.04. The van der Waals surface area contributed by atoms with Crippen molar-refractivity contribution >= 4 is 17.7 Å². The second-order valence-corrected chi connectivity index (χ2v) is 5.98. The van der Waals surface area contributed by atoms with Crippen LogP contribution >= 0.6 is 0 Å². The van der Waals surface area contributed by atoms with E-state index in [1.54, 1.807) is 24.3 Å². The fourth-order valence-corrected chi connectivity index (χ4v) is 2.89. The SMILES string of the molecule is COC(=O)Nc1ccccc1C(=O)NCC1(C2CC2)CC1. The summed E-state index contributed by atoms with van der Waals surface area (Å²) >= 11 is 0. The van der Waals surface area contributed by atoms with Gasteiger partial charge in [-0.2, -0.15) is 0 Å². The number of hydrogen-bond acceptors (Lipinski definition) is 3. The van der Waals surface area contributed by atoms with Crippen molar-refractivity contribution in [1.82, 2.24) is 5.32 Å². The fraction of sp³-hybridized carbons (Fsp3) is 0.500. The predicted octanol–water partition coefficient (Wildman–Crippen LogP) is 2.78. The summed E-state index contributed by atoms with van der Waals surface area (Å²) in [5, 5.41) is 5.59. The molecule has 1 aromatic carbocycles. The van der Waals surface area contributed by atoms with Gasteiger partial charge in [0.1, 0.15) is 0 Å². The molecule has 0 saturated heterocycles. The normalized spacial score (nSPS) is 18.7. The summed E-state index contributed by atoms with van der Waals surface area (Å²) in [6, 6.07) is 6.96. The van der Waals surface area contributed by atoms with E-state index >= 15 is 0 Å². The van der Waals surface area contributed by atoms with Crippen LogP contribution in [0.5, 0.6) is 0 Å². The van der Waals surface area contributed by atoms with E-state index in [4.69, 9.17) is 0 Å². The number of carbonyl (C=O) groups is 2. The summed E-state index contributed by atoms with van der Waals surface area (Å²) in [7, 11) is 1.30. The van der Waals surface area contributed by atoms with Crippen LogP contribution in [-0.4, -0.2) is 25.7 Å². The number of methoxy groups -OCH3 is 1. The van der Waals surface area contributed by atoms with Crippen LogP contribution in [0.25, 0.3) is 0 Å². The monoisotopic (exact) mass is 288 g/mol. The van der Waals surface area contributed by atoms with Gasteiger partial charge in [0, 0.05) is 6.54 Å². The van der Waals surface area contributed by atoms with Gasteiger partial charge in [-0.15, -0.1) is 0 Å². The lowest BCUT2D eigenvalue weighted by atomic mass is 10.0. The van der Waals surface area contributed by atoms with Gasteiger partial charge in [0.2, 0.25) is 0 Å². The van der Waals surface area contributed by atoms with E-state index in [1.165, 1.54) is 32.8 Å². The van der Waals surface area contributed by atoms with Gasteiger partial charge in [-0.1, -0.05) is 12.1 Å². The number of para-hydroxylation sites is 1. The number of amides is 2. The molecule has 0 radical (unpaired) electrons. The van der Waals surface area contributed by atoms with Gasteiger partial charge in [0.05, 0.1) is 18.4 Å². The highest BCUT2D eigenvalue weighted by molar-refractivity contribution is 6.02. The van der Waals surface area contributed by atoms with Gasteiger partial charge in [-0.25, -0.2) is 4.79 Å². The van der Waals surface area contributed by atoms with Crippen molar-refractivity contribution in [2.75, 3.05) is 19.0 Å². The molecule has 0 aromatic heterocycles. The molecule has 2 fully saturated rings. The Labute approximate surface area is 124 Å². The zero-order chi connectivity index (χ0) is 14.9. The molecule has 0 bridgehead atoms. The second-order valence-electron chi connectivity index (χ2n) is 5.98. The minimum absolute atomic E-state index is 0.145. The quantitative estimate of drug-likeness (QED) is 0.875. The van der Waals surface area contributed by atoms with E-state index < -0.39 is 6.09 Å². The van der Waals surface area contributed by atoms with E-state index in [2.05, 4.69) is 15.4 Å². The molecular formula is C16H20N2O3. The molecule has 0 aliphatic heterocycles. The van der Waals surface area contributed by atoms with Crippen LogP contribution < -0.4 is 10.6 Å². The van der Waals surface area contributed by atoms with Gasteiger partial charge < -0.3 is 10.1 Å². The van der Waals surface area contributed by atoms with Crippen LogP contribution in [0.3, 0.4) is 0 Å². The fourth-order valence-electron chi connectivity index (χ4n) is 2.89. The molecule has 0 atom stereocenters. The molecule has 3 rings (SSSR count). The van der Waals surface area contributed by atoms with Crippen molar-refractivity contribution < 1.29 is 14.3 Å². The Morgan fingerprint density at radius 1 is 1.29 bits per heavy atom. The minimum Gasteiger partial charge on any atom is -0.453 e. The van der Waals surface area contributed by atoms with E-state index in [1.807, 2.05) is 0 Å². The second kappa shape index (κ2) is 5.39. The average molecular weight is 288 g/mol. The molecular weight excluding hydrogens is 268 g/mol. The number of carbonyl (C=O) groups excluding carboxylic acids is 2. The highest BCUT2D eigenvalue weighted by atomic mass is 16.5. The Morgan fingerprint density at radius 2 is 2.00 bits per heavy atom. The molecule has 1 aromatic rings. The maximum absolute atomic E-state index is 12.3. The van der Waals surface area contributed by atoms with Crippen molar-refractivity contribution in [3.63, 3.8) is 0 Å². The molecule has 2 N–H and O–H groups in total. The van der Waals surface area contributed by atoms with Gasteiger partial charge in [-0.3, -0.25) is 10.1 Å². The summed E-state index contributed by atoms with van der Waals surface area (Å²) in [6.45, 7) is 0.739. The first kappa shape index (κ1) is 13.9. The molecule has 112 valence electrons. The molecule has 2 saturated carbocycles. The van der Waals surface area contributed by atoms with Crippen LogP contribution in [0.1, 0.15) is 36.0 Å². The Kier molecular flexibility index (Phi) is 3.57. The van der Waals surface area contributed by atoms with Crippen molar-refractivity contribution in [3.8, 4) is 0 Å². The molecule has 21 heavy (non-hydrogen) atoms. The average Bonchev–Trinajstić information content (AvgIpc) is 3.38. The van der Waals surface area contributed by atoms with Crippen LogP contribution in [0.4, 0.5) is 10.5 Å². The first-order chi connectivity index (χ1) is 10.1. The van der Waals surface area contributed by atoms with Crippen molar-refractivity contribution in [2.24, 2.45) is 11.3 Å². The summed E-state index contributed by atoms with van der Waals surface area (Å²) in [4.78, 5) is 23.7. The van der Waals surface area contributed by atoms with Crippen molar-refractivity contribution in [3.05, 3.63) is 29.8 Å². The third-order valence-corrected chi connectivity index (χ3v) is 4.53. The molecule has 0 heterocycles. The third kappa shape index (κ3) is 3.01.